The summed E-state index contributed by atoms with van der Waals surface area (Å²) >= 11 is 0. The van der Waals surface area contributed by atoms with Crippen LogP contribution in [0, 0.1) is 0 Å². The van der Waals surface area contributed by atoms with Crippen molar-refractivity contribution in [2.45, 2.75) is 192 Å². The highest BCUT2D eigenvalue weighted by Crippen LogP contribution is 2.20. The van der Waals surface area contributed by atoms with Gasteiger partial charge >= 0.3 is 0 Å². The minimum absolute atomic E-state index is 0.00671. The van der Waals surface area contributed by atoms with Gasteiger partial charge in [0.15, 0.2) is 5.96 Å². The van der Waals surface area contributed by atoms with Gasteiger partial charge in [0.1, 0.15) is 49.0 Å². The molecule has 0 saturated carbocycles. The Balaban J connectivity index is 1.61. The molecule has 18 N–H and O–H groups in total. The summed E-state index contributed by atoms with van der Waals surface area (Å²) in [4.78, 5) is 128. The number of hydrogen-bond donors (Lipinski definition) is 14. The molecular weight excluding hydrogens is 1090 g/mol. The zero-order valence-electron chi connectivity index (χ0n) is 50.1. The van der Waals surface area contributed by atoms with E-state index in [1.165, 1.54) is 45.4 Å². The summed E-state index contributed by atoms with van der Waals surface area (Å²) < 4.78 is 0. The predicted octanol–water partition coefficient (Wildman–Crippen LogP) is 1.86. The number of aromatic nitrogens is 1. The molecule has 3 aromatic rings. The Labute approximate surface area is 500 Å². The number of carbonyl (C=O) groups is 9. The first-order valence-corrected chi connectivity index (χ1v) is 30.2. The van der Waals surface area contributed by atoms with Crippen LogP contribution in [-0.4, -0.2) is 139 Å². The van der Waals surface area contributed by atoms with Gasteiger partial charge in [0.2, 0.25) is 47.3 Å². The van der Waals surface area contributed by atoms with E-state index in [1.807, 2.05) is 31.2 Å². The molecule has 0 aliphatic heterocycles. The summed E-state index contributed by atoms with van der Waals surface area (Å²) in [5, 5.41) is 26.4. The highest BCUT2D eigenvalue weighted by atomic mass is 16.2. The van der Waals surface area contributed by atoms with Gasteiger partial charge in [-0.05, 0) is 82.0 Å². The van der Waals surface area contributed by atoms with Crippen LogP contribution in [-0.2, 0) is 56.0 Å². The molecule has 6 atom stereocenters. The number of rotatable bonds is 45. The number of hydrazone groups is 1. The summed E-state index contributed by atoms with van der Waals surface area (Å²) in [7, 11) is 0. The minimum atomic E-state index is -1.30. The number of guanidine groups is 1. The summed E-state index contributed by atoms with van der Waals surface area (Å²) in [6, 6.07) is 9.04. The monoisotopic (exact) mass is 1180 g/mol. The second-order valence-electron chi connectivity index (χ2n) is 21.3. The third-order valence-electron chi connectivity index (χ3n) is 14.1. The van der Waals surface area contributed by atoms with Crippen molar-refractivity contribution in [3.63, 3.8) is 0 Å². The first-order chi connectivity index (χ1) is 40.9. The first kappa shape index (κ1) is 71.2. The molecule has 0 spiro atoms. The SMILES string of the molecule is CCCCCCCCCCCC(=O)NCCCNC(=O)/C=N/NCC(=O)N[C@@H](CCCC)C(=O)N[C@@H](C)C(=O)N[C@@H](CCCCN)C(=O)N[C@H](Cc1ccccc1)C(=O)N[C@@H](CCCN=C(N)N)C(=O)N[C@@H](Cc1c[nH]c2ccccc12)C(N)=O. The predicted molar refractivity (Wildman–Crippen MR) is 330 cm³/mol. The largest absolute Gasteiger partial charge is 0.370 e. The van der Waals surface area contributed by atoms with Gasteiger partial charge < -0.3 is 75.9 Å². The van der Waals surface area contributed by atoms with Gasteiger partial charge in [0.25, 0.3) is 5.91 Å². The fourth-order valence-electron chi connectivity index (χ4n) is 9.23. The lowest BCUT2D eigenvalue weighted by Gasteiger charge is -2.27. The quantitative estimate of drug-likeness (QED) is 0.0167. The molecule has 1 aromatic heterocycles. The number of aliphatic imine (C=N–C) groups is 1. The van der Waals surface area contributed by atoms with Crippen LogP contribution < -0.4 is 70.9 Å². The van der Waals surface area contributed by atoms with E-state index in [0.717, 1.165) is 41.9 Å². The molecule has 3 rings (SSSR count). The number of aromatic amines is 1. The minimum Gasteiger partial charge on any atom is -0.370 e. The Morgan fingerprint density at radius 2 is 1.12 bits per heavy atom. The molecule has 25 nitrogen and oxygen atoms in total. The van der Waals surface area contributed by atoms with Crippen molar-refractivity contribution in [3.05, 3.63) is 71.9 Å². The Bertz CT molecular complexity index is 2590. The van der Waals surface area contributed by atoms with Crippen molar-refractivity contribution in [3.8, 4) is 0 Å². The van der Waals surface area contributed by atoms with Gasteiger partial charge in [0, 0.05) is 56.0 Å². The van der Waals surface area contributed by atoms with Crippen molar-refractivity contribution in [2.24, 2.45) is 33.0 Å². The van der Waals surface area contributed by atoms with Crippen LogP contribution in [0.1, 0.15) is 154 Å². The standard InChI is InChI=1S/C60H96N16O9/c1-4-6-8-9-10-11-12-13-17-31-51(77)65-34-23-35-66-52(78)39-69-70-40-53(79)72-46(27-7-5-2)56(82)71-41(3)55(81)73-47(29-20-21-32-61)58(84)76-50(36-42-24-15-14-16-25-42)59(85)74-48(30-22-33-67-60(63)64)57(83)75-49(54(62)80)37-43-38-68-45-28-19-18-26-44(43)45/h14-16,18-19,24-26,28,38-39,41,46-50,68,70H,4-13,17,20-23,27,29-37,40,61H2,1-3H3,(H2,62,80)(H,65,77)(H,66,78)(H,71,82)(H,72,79)(H,73,81)(H,74,85)(H,75,83)(H,76,84)(H4,63,64,67)/b69-39+/t41-,46-,47-,48-,49-,50+/m0/s1. The average molecular weight is 1190 g/mol. The number of unbranched alkanes of at least 4 members (excludes halogenated alkanes) is 10. The van der Waals surface area contributed by atoms with Crippen molar-refractivity contribution >= 4 is 76.2 Å². The summed E-state index contributed by atoms with van der Waals surface area (Å²) in [6.07, 6.45) is 17.0. The van der Waals surface area contributed by atoms with Gasteiger partial charge in [-0.15, -0.1) is 0 Å². The third-order valence-corrected chi connectivity index (χ3v) is 14.1. The lowest BCUT2D eigenvalue weighted by atomic mass is 10.0. The van der Waals surface area contributed by atoms with Crippen molar-refractivity contribution < 1.29 is 43.2 Å². The van der Waals surface area contributed by atoms with Gasteiger partial charge in [-0.25, -0.2) is 0 Å². The van der Waals surface area contributed by atoms with Crippen molar-refractivity contribution in [1.29, 1.82) is 0 Å². The molecule has 9 amide bonds. The maximum atomic E-state index is 14.5. The number of para-hydroxylation sites is 1. The molecule has 0 unspecified atom stereocenters. The zero-order chi connectivity index (χ0) is 62.2. The van der Waals surface area contributed by atoms with E-state index in [2.05, 4.69) is 70.0 Å². The fraction of sp³-hybridized carbons (Fsp3) is 0.583. The molecule has 0 radical (unpaired) electrons. The Morgan fingerprint density at radius 3 is 1.79 bits per heavy atom. The number of nitrogens with zero attached hydrogens (tertiary/aromatic N) is 2. The van der Waals surface area contributed by atoms with Gasteiger partial charge in [-0.3, -0.25) is 48.1 Å². The van der Waals surface area contributed by atoms with Crippen LogP contribution in [0.25, 0.3) is 10.9 Å². The molecule has 85 heavy (non-hydrogen) atoms. The number of carbonyl (C=O) groups excluding carboxylic acids is 9. The maximum Gasteiger partial charge on any atom is 0.264 e. The van der Waals surface area contributed by atoms with Crippen molar-refractivity contribution in [1.82, 2.24) is 52.9 Å². The lowest BCUT2D eigenvalue weighted by Crippen LogP contribution is -2.59. The number of amides is 9. The zero-order valence-corrected chi connectivity index (χ0v) is 50.1. The first-order valence-electron chi connectivity index (χ1n) is 30.2. The number of hydrogen-bond acceptors (Lipinski definition) is 13. The highest BCUT2D eigenvalue weighted by molar-refractivity contribution is 6.26. The van der Waals surface area contributed by atoms with E-state index < -0.39 is 83.5 Å². The fourth-order valence-corrected chi connectivity index (χ4v) is 9.23. The smallest absolute Gasteiger partial charge is 0.264 e. The Morgan fingerprint density at radius 1 is 0.553 bits per heavy atom. The molecule has 1 heterocycles. The van der Waals surface area contributed by atoms with E-state index in [-0.39, 0.29) is 63.5 Å². The number of H-pyrrole nitrogens is 1. The number of nitrogens with one attached hydrogen (secondary N) is 10. The van der Waals surface area contributed by atoms with E-state index in [0.29, 0.717) is 63.7 Å². The molecule has 0 fully saturated rings. The Hall–Kier alpha value is -8.09. The highest BCUT2D eigenvalue weighted by Gasteiger charge is 2.33. The molecule has 0 aliphatic carbocycles. The van der Waals surface area contributed by atoms with E-state index in [9.17, 15) is 43.2 Å². The number of primary amides is 1. The van der Waals surface area contributed by atoms with Crippen molar-refractivity contribution in [2.75, 3.05) is 32.7 Å². The van der Waals surface area contributed by atoms with Gasteiger partial charge in [-0.1, -0.05) is 127 Å². The van der Waals surface area contributed by atoms with Crippen LogP contribution in [0.2, 0.25) is 0 Å². The molecule has 2 aromatic carbocycles. The van der Waals surface area contributed by atoms with Crippen LogP contribution in [0.4, 0.5) is 0 Å². The second-order valence-corrected chi connectivity index (χ2v) is 21.3. The second kappa shape index (κ2) is 41.8. The van der Waals surface area contributed by atoms with E-state index >= 15 is 0 Å². The van der Waals surface area contributed by atoms with Crippen LogP contribution >= 0.6 is 0 Å². The maximum absolute atomic E-state index is 14.5. The molecule has 0 bridgehead atoms. The summed E-state index contributed by atoms with van der Waals surface area (Å²) in [6.45, 7) is 6.29. The average Bonchev–Trinajstić information content (AvgIpc) is 3.95. The number of fused-ring (bicyclic) bond motifs is 1. The van der Waals surface area contributed by atoms with Crippen LogP contribution in [0.5, 0.6) is 0 Å². The van der Waals surface area contributed by atoms with E-state index in [4.69, 9.17) is 22.9 Å². The molecule has 25 heteroatoms. The number of benzene rings is 2. The summed E-state index contributed by atoms with van der Waals surface area (Å²) in [5.41, 5.74) is 27.4. The topological polar surface area (TPSA) is 406 Å². The third kappa shape index (κ3) is 29.8. The normalized spacial score (nSPS) is 13.2. The number of nitrogens with two attached hydrogens (primary N) is 4. The van der Waals surface area contributed by atoms with Crippen LogP contribution in [0.15, 0.2) is 70.9 Å². The molecule has 470 valence electrons. The molecule has 0 saturated heterocycles. The lowest BCUT2D eigenvalue weighted by molar-refractivity contribution is -0.135. The summed E-state index contributed by atoms with van der Waals surface area (Å²) in [5.74, 6) is -5.70. The van der Waals surface area contributed by atoms with Gasteiger partial charge in [-0.2, -0.15) is 5.10 Å². The van der Waals surface area contributed by atoms with Crippen LogP contribution in [0.3, 0.4) is 0 Å². The van der Waals surface area contributed by atoms with Gasteiger partial charge in [0.05, 0.1) is 0 Å². The molecule has 0 aliphatic rings. The molecular formula is C60H96N16O9. The Kier molecular flexibility index (Phi) is 35.0. The van der Waals surface area contributed by atoms with E-state index in [1.54, 1.807) is 36.5 Å².